The van der Waals surface area contributed by atoms with E-state index in [0.29, 0.717) is 23.5 Å². The van der Waals surface area contributed by atoms with Crippen LogP contribution >= 0.6 is 0 Å². The van der Waals surface area contributed by atoms with Crippen LogP contribution in [0.2, 0.25) is 0 Å². The van der Waals surface area contributed by atoms with E-state index >= 15 is 0 Å². The summed E-state index contributed by atoms with van der Waals surface area (Å²) in [6, 6.07) is 9.13. The number of sulfonamides is 1. The molecule has 0 saturated carbocycles. The summed E-state index contributed by atoms with van der Waals surface area (Å²) < 4.78 is 32.7. The van der Waals surface area contributed by atoms with Gasteiger partial charge in [-0.25, -0.2) is 13.1 Å². The van der Waals surface area contributed by atoms with Crippen LogP contribution in [0.3, 0.4) is 0 Å². The predicted molar refractivity (Wildman–Crippen MR) is 113 cm³/mol. The van der Waals surface area contributed by atoms with Crippen LogP contribution < -0.4 is 19.3 Å². The van der Waals surface area contributed by atoms with E-state index < -0.39 is 10.0 Å². The van der Waals surface area contributed by atoms with Crippen LogP contribution in [0.1, 0.15) is 25.1 Å². The van der Waals surface area contributed by atoms with Crippen molar-refractivity contribution in [3.05, 3.63) is 36.2 Å². The quantitative estimate of drug-likeness (QED) is 0.650. The molecule has 0 aliphatic carbocycles. The molecule has 3 rings (SSSR count). The molecule has 1 aromatic carbocycles. The zero-order valence-electron chi connectivity index (χ0n) is 16.9. The number of hydrogen-bond donors (Lipinski definition) is 1. The number of para-hydroxylation sites is 1. The molecular weight excluding hydrogens is 392 g/mol. The SMILES string of the molecule is CN(C)c1nc(CNS(=O)(=O)CCOc2ccccc2)nc(N2CCCCC2)n1. The molecule has 1 aromatic heterocycles. The standard InChI is InChI=1S/C19H28N6O3S/c1-24(2)18-21-17(22-19(23-18)25-11-7-4-8-12-25)15-20-29(26,27)14-13-28-16-9-5-3-6-10-16/h3,5-6,9-10,20H,4,7-8,11-15H2,1-2H3. The molecule has 1 N–H and O–H groups in total. The highest BCUT2D eigenvalue weighted by Crippen LogP contribution is 2.18. The zero-order chi connectivity index (χ0) is 20.7. The minimum absolute atomic E-state index is 0.0118. The Kier molecular flexibility index (Phi) is 7.21. The molecule has 1 fully saturated rings. The number of piperidine rings is 1. The molecule has 1 aliphatic rings. The topological polar surface area (TPSA) is 101 Å². The molecule has 1 saturated heterocycles. The molecule has 10 heteroatoms. The van der Waals surface area contributed by atoms with Gasteiger partial charge in [0.25, 0.3) is 0 Å². The van der Waals surface area contributed by atoms with Gasteiger partial charge in [-0.15, -0.1) is 0 Å². The lowest BCUT2D eigenvalue weighted by molar-refractivity contribution is 0.340. The van der Waals surface area contributed by atoms with Gasteiger partial charge in [-0.3, -0.25) is 0 Å². The second-order valence-corrected chi connectivity index (χ2v) is 9.02. The fourth-order valence-electron chi connectivity index (χ4n) is 2.94. The molecule has 0 spiro atoms. The third-order valence-electron chi connectivity index (χ3n) is 4.51. The van der Waals surface area contributed by atoms with E-state index in [9.17, 15) is 8.42 Å². The third-order valence-corrected chi connectivity index (χ3v) is 5.80. The largest absolute Gasteiger partial charge is 0.492 e. The van der Waals surface area contributed by atoms with Crippen LogP contribution in [-0.4, -0.2) is 62.9 Å². The number of anilines is 2. The highest BCUT2D eigenvalue weighted by Gasteiger charge is 2.18. The number of benzene rings is 1. The van der Waals surface area contributed by atoms with Gasteiger partial charge in [0.15, 0.2) is 5.82 Å². The van der Waals surface area contributed by atoms with Gasteiger partial charge < -0.3 is 14.5 Å². The van der Waals surface area contributed by atoms with Gasteiger partial charge in [0, 0.05) is 27.2 Å². The summed E-state index contributed by atoms with van der Waals surface area (Å²) in [5, 5.41) is 0. The fraction of sp³-hybridized carbons (Fsp3) is 0.526. The molecule has 0 bridgehead atoms. The van der Waals surface area contributed by atoms with E-state index in [1.54, 1.807) is 17.0 Å². The molecule has 158 valence electrons. The highest BCUT2D eigenvalue weighted by molar-refractivity contribution is 7.89. The summed E-state index contributed by atoms with van der Waals surface area (Å²) in [5.41, 5.74) is 0. The number of hydrogen-bond acceptors (Lipinski definition) is 8. The Morgan fingerprint density at radius 3 is 2.48 bits per heavy atom. The van der Waals surface area contributed by atoms with E-state index in [4.69, 9.17) is 4.74 Å². The monoisotopic (exact) mass is 420 g/mol. The van der Waals surface area contributed by atoms with Gasteiger partial charge in [-0.1, -0.05) is 18.2 Å². The van der Waals surface area contributed by atoms with E-state index in [-0.39, 0.29) is 18.9 Å². The number of nitrogens with zero attached hydrogens (tertiary/aromatic N) is 5. The van der Waals surface area contributed by atoms with Crippen LogP contribution in [-0.2, 0) is 16.6 Å². The first-order chi connectivity index (χ1) is 13.9. The van der Waals surface area contributed by atoms with Crippen molar-refractivity contribution in [2.24, 2.45) is 0 Å². The van der Waals surface area contributed by atoms with E-state index in [0.717, 1.165) is 25.9 Å². The maximum Gasteiger partial charge on any atom is 0.230 e. The Balaban J connectivity index is 1.61. The maximum atomic E-state index is 12.3. The smallest absolute Gasteiger partial charge is 0.230 e. The number of nitrogens with one attached hydrogen (secondary N) is 1. The number of rotatable bonds is 9. The molecule has 9 nitrogen and oxygen atoms in total. The van der Waals surface area contributed by atoms with Gasteiger partial charge in [0.05, 0.1) is 12.3 Å². The van der Waals surface area contributed by atoms with Gasteiger partial charge in [0.2, 0.25) is 21.9 Å². The molecule has 2 aromatic rings. The minimum atomic E-state index is -3.52. The Hall–Kier alpha value is -2.46. The zero-order valence-corrected chi connectivity index (χ0v) is 17.7. The second-order valence-electron chi connectivity index (χ2n) is 7.10. The predicted octanol–water partition coefficient (Wildman–Crippen LogP) is 1.43. The lowest BCUT2D eigenvalue weighted by Gasteiger charge is -2.27. The summed E-state index contributed by atoms with van der Waals surface area (Å²) in [6.07, 6.45) is 3.42. The Morgan fingerprint density at radius 2 is 1.79 bits per heavy atom. The van der Waals surface area contributed by atoms with Crippen molar-refractivity contribution in [1.82, 2.24) is 19.7 Å². The first-order valence-electron chi connectivity index (χ1n) is 9.75. The molecular formula is C19H28N6O3S. The molecule has 0 amide bonds. The van der Waals surface area contributed by atoms with Gasteiger partial charge in [-0.05, 0) is 31.4 Å². The average molecular weight is 421 g/mol. The summed E-state index contributed by atoms with van der Waals surface area (Å²) >= 11 is 0. The van der Waals surface area contributed by atoms with Crippen molar-refractivity contribution >= 4 is 21.9 Å². The fourth-order valence-corrected chi connectivity index (χ4v) is 3.74. The molecule has 0 atom stereocenters. The number of ether oxygens (including phenoxy) is 1. The summed E-state index contributed by atoms with van der Waals surface area (Å²) in [7, 11) is 0.179. The molecule has 2 heterocycles. The Labute approximate surface area is 172 Å². The van der Waals surface area contributed by atoms with Gasteiger partial charge in [0.1, 0.15) is 12.4 Å². The summed E-state index contributed by atoms with van der Waals surface area (Å²) in [4.78, 5) is 17.3. The third kappa shape index (κ3) is 6.53. The van der Waals surface area contributed by atoms with Crippen LogP contribution in [0.15, 0.2) is 30.3 Å². The first kappa shape index (κ1) is 21.3. The van der Waals surface area contributed by atoms with E-state index in [2.05, 4.69) is 24.6 Å². The van der Waals surface area contributed by atoms with Crippen LogP contribution in [0.4, 0.5) is 11.9 Å². The van der Waals surface area contributed by atoms with Crippen LogP contribution in [0, 0.1) is 0 Å². The Morgan fingerprint density at radius 1 is 1.07 bits per heavy atom. The first-order valence-corrected chi connectivity index (χ1v) is 11.4. The molecule has 0 radical (unpaired) electrons. The van der Waals surface area contributed by atoms with E-state index in [1.165, 1.54) is 6.42 Å². The van der Waals surface area contributed by atoms with Crippen molar-refractivity contribution in [2.75, 3.05) is 49.3 Å². The highest BCUT2D eigenvalue weighted by atomic mass is 32.2. The summed E-state index contributed by atoms with van der Waals surface area (Å²) in [6.45, 7) is 1.88. The van der Waals surface area contributed by atoms with Gasteiger partial charge in [-0.2, -0.15) is 15.0 Å². The van der Waals surface area contributed by atoms with Gasteiger partial charge >= 0.3 is 0 Å². The maximum absolute atomic E-state index is 12.3. The minimum Gasteiger partial charge on any atom is -0.492 e. The van der Waals surface area contributed by atoms with Crippen LogP contribution in [0.5, 0.6) is 5.75 Å². The summed E-state index contributed by atoms with van der Waals surface area (Å²) in [5.74, 6) is 2.01. The molecule has 0 unspecified atom stereocenters. The van der Waals surface area contributed by atoms with Crippen molar-refractivity contribution in [3.8, 4) is 5.75 Å². The number of aromatic nitrogens is 3. The lowest BCUT2D eigenvalue weighted by Crippen LogP contribution is -2.33. The van der Waals surface area contributed by atoms with E-state index in [1.807, 2.05) is 32.3 Å². The Bertz CT molecular complexity index is 886. The van der Waals surface area contributed by atoms with Crippen molar-refractivity contribution in [3.63, 3.8) is 0 Å². The molecule has 29 heavy (non-hydrogen) atoms. The lowest BCUT2D eigenvalue weighted by atomic mass is 10.1. The van der Waals surface area contributed by atoms with Crippen molar-refractivity contribution in [2.45, 2.75) is 25.8 Å². The second kappa shape index (κ2) is 9.84. The normalized spacial score (nSPS) is 14.6. The van der Waals surface area contributed by atoms with Crippen molar-refractivity contribution < 1.29 is 13.2 Å². The van der Waals surface area contributed by atoms with Crippen molar-refractivity contribution in [1.29, 1.82) is 0 Å². The average Bonchev–Trinajstić information content (AvgIpc) is 2.73. The molecule has 1 aliphatic heterocycles. The van der Waals surface area contributed by atoms with Crippen LogP contribution in [0.25, 0.3) is 0 Å².